The molecule has 0 fully saturated rings. The van der Waals surface area contributed by atoms with E-state index in [-0.39, 0.29) is 6.04 Å². The highest BCUT2D eigenvalue weighted by Gasteiger charge is 2.19. The van der Waals surface area contributed by atoms with Crippen LogP contribution >= 0.6 is 0 Å². The van der Waals surface area contributed by atoms with Crippen molar-refractivity contribution >= 4 is 0 Å². The van der Waals surface area contributed by atoms with E-state index in [1.807, 2.05) is 24.3 Å². The molecule has 0 aliphatic rings. The maximum absolute atomic E-state index is 5.94. The predicted molar refractivity (Wildman–Crippen MR) is 75.0 cm³/mol. The number of rotatable bonds is 6. The molecule has 2 N–H and O–H groups in total. The summed E-state index contributed by atoms with van der Waals surface area (Å²) in [7, 11) is 3.74. The van der Waals surface area contributed by atoms with Crippen LogP contribution in [-0.4, -0.2) is 25.6 Å². The third-order valence-corrected chi connectivity index (χ3v) is 3.27. The molecular formula is C15H20N2O2. The molecule has 0 radical (unpaired) electrons. The molecule has 0 spiro atoms. The maximum atomic E-state index is 5.94. The summed E-state index contributed by atoms with van der Waals surface area (Å²) in [5, 5.41) is 0. The molecule has 102 valence electrons. The molecule has 2 rings (SSSR count). The van der Waals surface area contributed by atoms with E-state index in [2.05, 4.69) is 18.0 Å². The second-order valence-electron chi connectivity index (χ2n) is 4.54. The van der Waals surface area contributed by atoms with Crippen molar-refractivity contribution in [3.05, 3.63) is 54.0 Å². The summed E-state index contributed by atoms with van der Waals surface area (Å²) < 4.78 is 10.5. The summed E-state index contributed by atoms with van der Waals surface area (Å²) in [6.07, 6.45) is 3.44. The number of furan rings is 1. The third-order valence-electron chi connectivity index (χ3n) is 3.27. The van der Waals surface area contributed by atoms with E-state index in [0.717, 1.165) is 23.4 Å². The Morgan fingerprint density at radius 3 is 2.74 bits per heavy atom. The third kappa shape index (κ3) is 3.16. The van der Waals surface area contributed by atoms with Gasteiger partial charge in [-0.05, 0) is 19.2 Å². The molecule has 0 saturated heterocycles. The first kappa shape index (κ1) is 13.6. The minimum atomic E-state index is 0.117. The van der Waals surface area contributed by atoms with E-state index in [0.29, 0.717) is 6.54 Å². The van der Waals surface area contributed by atoms with E-state index < -0.39 is 0 Å². The van der Waals surface area contributed by atoms with Crippen LogP contribution in [0.1, 0.15) is 17.2 Å². The van der Waals surface area contributed by atoms with Gasteiger partial charge in [-0.1, -0.05) is 18.2 Å². The molecule has 4 nitrogen and oxygen atoms in total. The molecule has 0 bridgehead atoms. The fraction of sp³-hybridized carbons (Fsp3) is 0.333. The number of likely N-dealkylation sites (N-methyl/N-ethyl adjacent to an activating group) is 1. The van der Waals surface area contributed by atoms with E-state index in [1.54, 1.807) is 19.6 Å². The number of para-hydroxylation sites is 1. The van der Waals surface area contributed by atoms with Crippen LogP contribution < -0.4 is 10.5 Å². The highest BCUT2D eigenvalue weighted by molar-refractivity contribution is 5.36. The lowest BCUT2D eigenvalue weighted by Gasteiger charge is -2.28. The second kappa shape index (κ2) is 6.41. The van der Waals surface area contributed by atoms with Gasteiger partial charge in [-0.3, -0.25) is 4.90 Å². The first-order valence-corrected chi connectivity index (χ1v) is 6.30. The summed E-state index contributed by atoms with van der Waals surface area (Å²) in [6, 6.07) is 10.1. The van der Waals surface area contributed by atoms with Crippen LogP contribution in [0.3, 0.4) is 0 Å². The molecule has 2 aromatic rings. The number of methoxy groups -OCH3 is 1. The molecular weight excluding hydrogens is 240 g/mol. The Labute approximate surface area is 113 Å². The molecule has 0 saturated carbocycles. The first-order chi connectivity index (χ1) is 9.26. The van der Waals surface area contributed by atoms with Crippen molar-refractivity contribution in [1.82, 2.24) is 4.90 Å². The zero-order valence-corrected chi connectivity index (χ0v) is 11.4. The minimum absolute atomic E-state index is 0.117. The largest absolute Gasteiger partial charge is 0.496 e. The van der Waals surface area contributed by atoms with Gasteiger partial charge in [0.05, 0.1) is 25.7 Å². The van der Waals surface area contributed by atoms with Gasteiger partial charge < -0.3 is 14.9 Å². The quantitative estimate of drug-likeness (QED) is 0.866. The number of benzene rings is 1. The highest BCUT2D eigenvalue weighted by Crippen LogP contribution is 2.28. The van der Waals surface area contributed by atoms with Crippen molar-refractivity contribution in [1.29, 1.82) is 0 Å². The predicted octanol–water partition coefficient (Wildman–Crippen LogP) is 2.42. The Morgan fingerprint density at radius 2 is 2.11 bits per heavy atom. The topological polar surface area (TPSA) is 51.6 Å². The van der Waals surface area contributed by atoms with Crippen LogP contribution in [0, 0.1) is 0 Å². The monoisotopic (exact) mass is 260 g/mol. The van der Waals surface area contributed by atoms with Gasteiger partial charge in [0.1, 0.15) is 5.75 Å². The number of nitrogens with zero attached hydrogens (tertiary/aromatic N) is 1. The smallest absolute Gasteiger partial charge is 0.123 e. The van der Waals surface area contributed by atoms with Gasteiger partial charge in [-0.15, -0.1) is 0 Å². The first-order valence-electron chi connectivity index (χ1n) is 6.30. The summed E-state index contributed by atoms with van der Waals surface area (Å²) in [4.78, 5) is 2.20. The summed E-state index contributed by atoms with van der Waals surface area (Å²) in [5.74, 6) is 0.872. The average molecular weight is 260 g/mol. The summed E-state index contributed by atoms with van der Waals surface area (Å²) >= 11 is 0. The van der Waals surface area contributed by atoms with Crippen molar-refractivity contribution in [2.24, 2.45) is 5.73 Å². The van der Waals surface area contributed by atoms with E-state index in [4.69, 9.17) is 14.9 Å². The number of hydrogen-bond acceptors (Lipinski definition) is 4. The Kier molecular flexibility index (Phi) is 4.60. The van der Waals surface area contributed by atoms with Crippen LogP contribution in [0.4, 0.5) is 0 Å². The van der Waals surface area contributed by atoms with E-state index in [1.165, 1.54) is 0 Å². The standard InChI is InChI=1S/C15H20N2O2/c1-17(10-12-7-8-19-11-12)14(9-16)13-5-3-4-6-15(13)18-2/h3-8,11,14H,9-10,16H2,1-2H3. The molecule has 4 heteroatoms. The Hall–Kier alpha value is -1.78. The fourth-order valence-electron chi connectivity index (χ4n) is 2.27. The lowest BCUT2D eigenvalue weighted by atomic mass is 10.0. The lowest BCUT2D eigenvalue weighted by Crippen LogP contribution is -2.30. The molecule has 0 aliphatic carbocycles. The summed E-state index contributed by atoms with van der Waals surface area (Å²) in [5.41, 5.74) is 8.18. The fourth-order valence-corrected chi connectivity index (χ4v) is 2.27. The lowest BCUT2D eigenvalue weighted by molar-refractivity contribution is 0.235. The molecule has 0 aliphatic heterocycles. The van der Waals surface area contributed by atoms with Crippen molar-refractivity contribution in [2.45, 2.75) is 12.6 Å². The zero-order chi connectivity index (χ0) is 13.7. The average Bonchev–Trinajstić information content (AvgIpc) is 2.93. The van der Waals surface area contributed by atoms with Crippen LogP contribution in [-0.2, 0) is 6.54 Å². The van der Waals surface area contributed by atoms with Crippen LogP contribution in [0.25, 0.3) is 0 Å². The molecule has 1 aromatic heterocycles. The van der Waals surface area contributed by atoms with Crippen molar-refractivity contribution in [2.75, 3.05) is 20.7 Å². The SMILES string of the molecule is COc1ccccc1C(CN)N(C)Cc1ccoc1. The van der Waals surface area contributed by atoms with Crippen LogP contribution in [0.2, 0.25) is 0 Å². The number of ether oxygens (including phenoxy) is 1. The minimum Gasteiger partial charge on any atom is -0.496 e. The molecule has 1 atom stereocenters. The van der Waals surface area contributed by atoms with E-state index in [9.17, 15) is 0 Å². The maximum Gasteiger partial charge on any atom is 0.123 e. The number of nitrogens with two attached hydrogens (primary N) is 1. The Morgan fingerprint density at radius 1 is 1.32 bits per heavy atom. The molecule has 1 unspecified atom stereocenters. The van der Waals surface area contributed by atoms with Gasteiger partial charge in [-0.25, -0.2) is 0 Å². The molecule has 19 heavy (non-hydrogen) atoms. The van der Waals surface area contributed by atoms with Crippen molar-refractivity contribution in [3.63, 3.8) is 0 Å². The highest BCUT2D eigenvalue weighted by atomic mass is 16.5. The normalized spacial score (nSPS) is 12.6. The molecule has 1 heterocycles. The summed E-state index contributed by atoms with van der Waals surface area (Å²) in [6.45, 7) is 1.32. The second-order valence-corrected chi connectivity index (χ2v) is 4.54. The molecule has 1 aromatic carbocycles. The van der Waals surface area contributed by atoms with Gasteiger partial charge in [-0.2, -0.15) is 0 Å². The Balaban J connectivity index is 2.18. The Bertz CT molecular complexity index is 497. The van der Waals surface area contributed by atoms with Gasteiger partial charge in [0, 0.05) is 24.2 Å². The van der Waals surface area contributed by atoms with Gasteiger partial charge >= 0.3 is 0 Å². The van der Waals surface area contributed by atoms with Crippen LogP contribution in [0.5, 0.6) is 5.75 Å². The van der Waals surface area contributed by atoms with Crippen molar-refractivity contribution < 1.29 is 9.15 Å². The van der Waals surface area contributed by atoms with Crippen molar-refractivity contribution in [3.8, 4) is 5.75 Å². The van der Waals surface area contributed by atoms with Gasteiger partial charge in [0.2, 0.25) is 0 Å². The number of hydrogen-bond donors (Lipinski definition) is 1. The zero-order valence-electron chi connectivity index (χ0n) is 11.4. The van der Waals surface area contributed by atoms with E-state index >= 15 is 0 Å². The van der Waals surface area contributed by atoms with Crippen LogP contribution in [0.15, 0.2) is 47.3 Å². The van der Waals surface area contributed by atoms with Gasteiger partial charge in [0.15, 0.2) is 0 Å². The molecule has 0 amide bonds. The van der Waals surface area contributed by atoms with Gasteiger partial charge in [0.25, 0.3) is 0 Å².